The highest BCUT2D eigenvalue weighted by Crippen LogP contribution is 2.11. The molecule has 0 saturated carbocycles. The Morgan fingerprint density at radius 1 is 1.16 bits per heavy atom. The maximum atomic E-state index is 9.15. The Balaban J connectivity index is 0.00000154. The van der Waals surface area contributed by atoms with E-state index in [2.05, 4.69) is 37.4 Å². The number of aryl methyl sites for hydroxylation is 1. The summed E-state index contributed by atoms with van der Waals surface area (Å²) in [7, 11) is 0. The summed E-state index contributed by atoms with van der Waals surface area (Å²) in [6.45, 7) is 13.4. The van der Waals surface area contributed by atoms with E-state index in [-0.39, 0.29) is 11.8 Å². The lowest BCUT2D eigenvalue weighted by atomic mass is 10.0. The van der Waals surface area contributed by atoms with Gasteiger partial charge in [-0.15, -0.1) is 6.58 Å². The molecule has 0 amide bonds. The van der Waals surface area contributed by atoms with Crippen LogP contribution >= 0.6 is 0 Å². The van der Waals surface area contributed by atoms with Crippen molar-refractivity contribution in [1.82, 2.24) is 0 Å². The lowest BCUT2D eigenvalue weighted by Crippen LogP contribution is -2.24. The monoisotopic (exact) mass is 261 g/mol. The molecule has 1 aromatic carbocycles. The molecule has 0 spiro atoms. The first-order valence-electron chi connectivity index (χ1n) is 6.84. The first-order valence-corrected chi connectivity index (χ1v) is 6.84. The minimum atomic E-state index is -0.378. The Labute approximate surface area is 117 Å². The zero-order chi connectivity index (χ0) is 14.8. The average Bonchev–Trinajstić information content (AvgIpc) is 2.40. The van der Waals surface area contributed by atoms with Gasteiger partial charge in [-0.25, -0.2) is 0 Å². The van der Waals surface area contributed by atoms with Crippen molar-refractivity contribution < 1.29 is 5.11 Å². The van der Waals surface area contributed by atoms with E-state index in [1.54, 1.807) is 0 Å². The fraction of sp³-hybridized carbons (Fsp3) is 0.412. The van der Waals surface area contributed by atoms with Crippen molar-refractivity contribution in [2.45, 2.75) is 46.1 Å². The van der Waals surface area contributed by atoms with Crippen LogP contribution in [0.2, 0.25) is 0 Å². The molecule has 1 atom stereocenters. The molecule has 0 aliphatic rings. The number of aliphatic hydroxyl groups is 1. The van der Waals surface area contributed by atoms with Crippen molar-refractivity contribution in [3.63, 3.8) is 0 Å². The molecule has 2 nitrogen and oxygen atoms in total. The van der Waals surface area contributed by atoms with E-state index in [0.29, 0.717) is 6.42 Å². The lowest BCUT2D eigenvalue weighted by Gasteiger charge is -2.10. The van der Waals surface area contributed by atoms with Gasteiger partial charge in [-0.05, 0) is 37.3 Å². The van der Waals surface area contributed by atoms with Crippen LogP contribution in [0.4, 0.5) is 0 Å². The van der Waals surface area contributed by atoms with E-state index in [0.717, 1.165) is 18.4 Å². The number of benzene rings is 1. The van der Waals surface area contributed by atoms with E-state index in [1.807, 2.05) is 20.8 Å². The van der Waals surface area contributed by atoms with Gasteiger partial charge in [-0.3, -0.25) is 0 Å². The highest BCUT2D eigenvalue weighted by atomic mass is 16.3. The molecule has 0 aromatic heterocycles. The predicted molar refractivity (Wildman–Crippen MR) is 84.4 cm³/mol. The molecule has 0 aliphatic heterocycles. The molecule has 106 valence electrons. The van der Waals surface area contributed by atoms with E-state index >= 15 is 0 Å². The van der Waals surface area contributed by atoms with Crippen LogP contribution in [0.25, 0.3) is 0 Å². The van der Waals surface area contributed by atoms with Crippen molar-refractivity contribution in [2.75, 3.05) is 0 Å². The molecule has 0 saturated heterocycles. The van der Waals surface area contributed by atoms with Crippen LogP contribution in [-0.2, 0) is 12.8 Å². The van der Waals surface area contributed by atoms with Crippen LogP contribution in [0, 0.1) is 0 Å². The van der Waals surface area contributed by atoms with Crippen LogP contribution in [-0.4, -0.2) is 11.1 Å². The standard InChI is InChI=1S/C15H21NO.C2H6/c1-11(2)4-5-13-6-8-14(9-7-13)10-15(16)12(3)17;1-2/h6-9,15,17H,1,3-5,10,16H2,2H3;1-2H3. The Hall–Kier alpha value is -1.54. The minimum absolute atomic E-state index is 0.0383. The number of nitrogens with two attached hydrogens (primary N) is 1. The van der Waals surface area contributed by atoms with E-state index < -0.39 is 0 Å². The van der Waals surface area contributed by atoms with Gasteiger partial charge in [-0.1, -0.05) is 50.3 Å². The normalized spacial score (nSPS) is 11.2. The second-order valence-corrected chi connectivity index (χ2v) is 4.58. The fourth-order valence-electron chi connectivity index (χ4n) is 1.57. The van der Waals surface area contributed by atoms with Crippen molar-refractivity contribution in [3.05, 3.63) is 59.9 Å². The summed E-state index contributed by atoms with van der Waals surface area (Å²) < 4.78 is 0. The zero-order valence-corrected chi connectivity index (χ0v) is 12.4. The number of rotatable bonds is 6. The number of hydrogen-bond acceptors (Lipinski definition) is 2. The van der Waals surface area contributed by atoms with Gasteiger partial charge in [0, 0.05) is 0 Å². The zero-order valence-electron chi connectivity index (χ0n) is 12.4. The number of allylic oxidation sites excluding steroid dienone is 1. The van der Waals surface area contributed by atoms with Crippen LogP contribution in [0.5, 0.6) is 0 Å². The minimum Gasteiger partial charge on any atom is -0.511 e. The summed E-state index contributed by atoms with van der Waals surface area (Å²) in [6.07, 6.45) is 2.66. The highest BCUT2D eigenvalue weighted by molar-refractivity contribution is 5.24. The highest BCUT2D eigenvalue weighted by Gasteiger charge is 2.06. The Morgan fingerprint density at radius 3 is 2.05 bits per heavy atom. The summed E-state index contributed by atoms with van der Waals surface area (Å²) in [4.78, 5) is 0. The van der Waals surface area contributed by atoms with Crippen LogP contribution in [0.3, 0.4) is 0 Å². The first kappa shape index (κ1) is 17.5. The van der Waals surface area contributed by atoms with Crippen LogP contribution in [0.15, 0.2) is 48.8 Å². The largest absolute Gasteiger partial charge is 0.511 e. The van der Waals surface area contributed by atoms with Crippen molar-refractivity contribution in [2.24, 2.45) is 5.73 Å². The van der Waals surface area contributed by atoms with Gasteiger partial charge in [0.05, 0.1) is 6.04 Å². The van der Waals surface area contributed by atoms with Crippen molar-refractivity contribution in [1.29, 1.82) is 0 Å². The lowest BCUT2D eigenvalue weighted by molar-refractivity contribution is 0.368. The van der Waals surface area contributed by atoms with Gasteiger partial charge in [-0.2, -0.15) is 0 Å². The third-order valence-electron chi connectivity index (χ3n) is 2.75. The molecule has 2 heteroatoms. The second-order valence-electron chi connectivity index (χ2n) is 4.58. The van der Waals surface area contributed by atoms with Crippen LogP contribution in [0.1, 0.15) is 38.3 Å². The van der Waals surface area contributed by atoms with Gasteiger partial charge < -0.3 is 10.8 Å². The molecule has 1 rings (SSSR count). The molecule has 1 aromatic rings. The smallest absolute Gasteiger partial charge is 0.102 e. The first-order chi connectivity index (χ1) is 8.99. The molecule has 0 heterocycles. The van der Waals surface area contributed by atoms with Gasteiger partial charge in [0.15, 0.2) is 0 Å². The van der Waals surface area contributed by atoms with Crippen molar-refractivity contribution >= 4 is 0 Å². The number of aliphatic hydroxyl groups excluding tert-OH is 1. The number of hydrogen-bond donors (Lipinski definition) is 2. The summed E-state index contributed by atoms with van der Waals surface area (Å²) in [5.74, 6) is 0.0383. The second kappa shape index (κ2) is 9.40. The molecule has 19 heavy (non-hydrogen) atoms. The molecule has 0 fully saturated rings. The summed E-state index contributed by atoms with van der Waals surface area (Å²) in [6, 6.07) is 7.93. The van der Waals surface area contributed by atoms with E-state index in [4.69, 9.17) is 10.8 Å². The summed E-state index contributed by atoms with van der Waals surface area (Å²) in [5, 5.41) is 9.15. The molecular weight excluding hydrogens is 234 g/mol. The Bertz CT molecular complexity index is 392. The van der Waals surface area contributed by atoms with Gasteiger partial charge in [0.2, 0.25) is 0 Å². The molecule has 0 bridgehead atoms. The molecule has 3 N–H and O–H groups in total. The quantitative estimate of drug-likeness (QED) is 0.596. The van der Waals surface area contributed by atoms with Gasteiger partial charge in [0.1, 0.15) is 5.76 Å². The van der Waals surface area contributed by atoms with E-state index in [1.165, 1.54) is 11.1 Å². The Kier molecular flexibility index (Phi) is 8.64. The Morgan fingerprint density at radius 2 is 1.63 bits per heavy atom. The SMILES string of the molecule is C=C(C)CCc1ccc(CC(N)C(=C)O)cc1.CC. The maximum Gasteiger partial charge on any atom is 0.102 e. The van der Waals surface area contributed by atoms with Gasteiger partial charge >= 0.3 is 0 Å². The third-order valence-corrected chi connectivity index (χ3v) is 2.75. The summed E-state index contributed by atoms with van der Waals surface area (Å²) in [5.41, 5.74) is 9.34. The molecule has 0 radical (unpaired) electrons. The summed E-state index contributed by atoms with van der Waals surface area (Å²) >= 11 is 0. The van der Waals surface area contributed by atoms with Gasteiger partial charge in [0.25, 0.3) is 0 Å². The fourth-order valence-corrected chi connectivity index (χ4v) is 1.57. The molecule has 0 aliphatic carbocycles. The molecular formula is C17H27NO. The third kappa shape index (κ3) is 7.47. The molecule has 1 unspecified atom stereocenters. The predicted octanol–water partition coefficient (Wildman–Crippen LogP) is 4.16. The topological polar surface area (TPSA) is 46.2 Å². The maximum absolute atomic E-state index is 9.15. The average molecular weight is 261 g/mol. The van der Waals surface area contributed by atoms with Crippen LogP contribution < -0.4 is 5.73 Å². The van der Waals surface area contributed by atoms with Crippen molar-refractivity contribution in [3.8, 4) is 0 Å². The van der Waals surface area contributed by atoms with E-state index in [9.17, 15) is 0 Å².